The molecule has 0 saturated heterocycles. The maximum absolute atomic E-state index is 11.0. The number of imidazole rings is 1. The second-order valence-electron chi connectivity index (χ2n) is 5.18. The second kappa shape index (κ2) is 5.36. The number of aliphatic hydroxyl groups is 2. The molecule has 3 N–H and O–H groups in total. The summed E-state index contributed by atoms with van der Waals surface area (Å²) < 4.78 is 2.00. The van der Waals surface area contributed by atoms with Crippen LogP contribution in [0.1, 0.15) is 23.2 Å². The Hall–Kier alpha value is -1.69. The first-order valence-corrected chi connectivity index (χ1v) is 6.88. The Bertz CT molecular complexity index is 596. The Morgan fingerprint density at radius 1 is 1.40 bits per heavy atom. The molecule has 3 rings (SSSR count). The van der Waals surface area contributed by atoms with Crippen molar-refractivity contribution in [3.63, 3.8) is 0 Å². The van der Waals surface area contributed by atoms with Crippen LogP contribution in [0.15, 0.2) is 36.8 Å². The topological polar surface area (TPSA) is 70.3 Å². The molecule has 1 aliphatic heterocycles. The summed E-state index contributed by atoms with van der Waals surface area (Å²) in [6.45, 7) is 2.17. The molecule has 0 fully saturated rings. The van der Waals surface area contributed by atoms with Crippen LogP contribution in [0.25, 0.3) is 0 Å². The summed E-state index contributed by atoms with van der Waals surface area (Å²) in [5.41, 5.74) is 1.92. The van der Waals surface area contributed by atoms with Crippen molar-refractivity contribution in [3.8, 4) is 0 Å². The molecule has 1 atom stereocenters. The molecule has 1 aromatic heterocycles. The van der Waals surface area contributed by atoms with E-state index in [2.05, 4.69) is 10.3 Å². The normalized spacial score (nSPS) is 21.1. The fourth-order valence-corrected chi connectivity index (χ4v) is 2.80. The Kier molecular flexibility index (Phi) is 3.56. The first kappa shape index (κ1) is 13.3. The van der Waals surface area contributed by atoms with E-state index in [1.807, 2.05) is 28.8 Å². The number of aromatic nitrogens is 2. The van der Waals surface area contributed by atoms with Gasteiger partial charge in [-0.3, -0.25) is 0 Å². The first-order valence-electron chi connectivity index (χ1n) is 6.88. The number of nitrogens with one attached hydrogen (secondary N) is 1. The summed E-state index contributed by atoms with van der Waals surface area (Å²) in [6, 6.07) is 7.96. The minimum atomic E-state index is -0.941. The Morgan fingerprint density at radius 2 is 2.30 bits per heavy atom. The Labute approximate surface area is 117 Å². The number of hydrogen-bond acceptors (Lipinski definition) is 4. The van der Waals surface area contributed by atoms with Crippen molar-refractivity contribution in [1.82, 2.24) is 14.9 Å². The number of fused-ring (bicyclic) bond motifs is 1. The van der Waals surface area contributed by atoms with E-state index in [-0.39, 0.29) is 6.61 Å². The molecule has 2 aromatic rings. The second-order valence-corrected chi connectivity index (χ2v) is 5.18. The van der Waals surface area contributed by atoms with Crippen LogP contribution < -0.4 is 5.32 Å². The molecular formula is C15H19N3O2. The molecule has 0 saturated carbocycles. The van der Waals surface area contributed by atoms with Gasteiger partial charge in [0.1, 0.15) is 5.60 Å². The molecule has 2 heterocycles. The highest BCUT2D eigenvalue weighted by Crippen LogP contribution is 2.38. The molecule has 0 radical (unpaired) electrons. The summed E-state index contributed by atoms with van der Waals surface area (Å²) in [5.74, 6) is 0. The minimum absolute atomic E-state index is 0.128. The molecule has 0 amide bonds. The van der Waals surface area contributed by atoms with E-state index in [9.17, 15) is 5.11 Å². The van der Waals surface area contributed by atoms with E-state index in [1.54, 1.807) is 12.5 Å². The summed E-state index contributed by atoms with van der Waals surface area (Å²) in [6.07, 6.45) is 4.18. The van der Waals surface area contributed by atoms with Gasteiger partial charge in [0.25, 0.3) is 0 Å². The van der Waals surface area contributed by atoms with Crippen LogP contribution in [0.4, 0.5) is 0 Å². The predicted molar refractivity (Wildman–Crippen MR) is 75.1 cm³/mol. The van der Waals surface area contributed by atoms with Crippen LogP contribution in [-0.2, 0) is 18.7 Å². The van der Waals surface area contributed by atoms with Crippen LogP contribution in [-0.4, -0.2) is 32.9 Å². The number of nitrogens with zero attached hydrogens (tertiary/aromatic N) is 2. The van der Waals surface area contributed by atoms with Crippen molar-refractivity contribution < 1.29 is 10.2 Å². The van der Waals surface area contributed by atoms with Gasteiger partial charge in [0.2, 0.25) is 0 Å². The molecule has 106 valence electrons. The van der Waals surface area contributed by atoms with E-state index < -0.39 is 5.60 Å². The van der Waals surface area contributed by atoms with Crippen molar-refractivity contribution in [2.75, 3.05) is 13.2 Å². The lowest BCUT2D eigenvalue weighted by Crippen LogP contribution is -2.24. The number of rotatable bonds is 5. The summed E-state index contributed by atoms with van der Waals surface area (Å²) in [7, 11) is 0. The molecule has 0 spiro atoms. The fourth-order valence-electron chi connectivity index (χ4n) is 2.80. The SMILES string of the molecule is OCCNCc1cccc(C2(O)CCn3cncc32)c1. The minimum Gasteiger partial charge on any atom is -0.395 e. The monoisotopic (exact) mass is 273 g/mol. The van der Waals surface area contributed by atoms with Gasteiger partial charge in [-0.05, 0) is 11.1 Å². The lowest BCUT2D eigenvalue weighted by Gasteiger charge is -2.23. The van der Waals surface area contributed by atoms with Crippen molar-refractivity contribution >= 4 is 0 Å². The molecule has 1 aromatic carbocycles. The number of benzene rings is 1. The van der Waals surface area contributed by atoms with Crippen LogP contribution in [0.2, 0.25) is 0 Å². The van der Waals surface area contributed by atoms with Crippen LogP contribution in [0.3, 0.4) is 0 Å². The molecule has 5 nitrogen and oxygen atoms in total. The summed E-state index contributed by atoms with van der Waals surface area (Å²) >= 11 is 0. The van der Waals surface area contributed by atoms with Crippen molar-refractivity contribution in [3.05, 3.63) is 53.6 Å². The smallest absolute Gasteiger partial charge is 0.133 e. The molecule has 0 aliphatic carbocycles. The lowest BCUT2D eigenvalue weighted by molar-refractivity contribution is 0.0824. The van der Waals surface area contributed by atoms with Crippen LogP contribution in [0.5, 0.6) is 0 Å². The van der Waals surface area contributed by atoms with Crippen molar-refractivity contribution in [2.45, 2.75) is 25.1 Å². The van der Waals surface area contributed by atoms with E-state index in [4.69, 9.17) is 5.11 Å². The van der Waals surface area contributed by atoms with Crippen molar-refractivity contribution in [1.29, 1.82) is 0 Å². The third-order valence-electron chi connectivity index (χ3n) is 3.87. The molecular weight excluding hydrogens is 254 g/mol. The zero-order valence-corrected chi connectivity index (χ0v) is 11.3. The average molecular weight is 273 g/mol. The number of aliphatic hydroxyl groups excluding tert-OH is 1. The highest BCUT2D eigenvalue weighted by atomic mass is 16.3. The van der Waals surface area contributed by atoms with E-state index in [0.29, 0.717) is 19.5 Å². The zero-order chi connectivity index (χ0) is 14.0. The average Bonchev–Trinajstić information content (AvgIpc) is 3.05. The van der Waals surface area contributed by atoms with Gasteiger partial charge in [-0.2, -0.15) is 0 Å². The lowest BCUT2D eigenvalue weighted by atomic mass is 9.89. The molecule has 1 aliphatic rings. The van der Waals surface area contributed by atoms with Crippen LogP contribution >= 0.6 is 0 Å². The third-order valence-corrected chi connectivity index (χ3v) is 3.87. The maximum Gasteiger partial charge on any atom is 0.133 e. The Morgan fingerprint density at radius 3 is 3.15 bits per heavy atom. The molecule has 20 heavy (non-hydrogen) atoms. The van der Waals surface area contributed by atoms with Gasteiger partial charge in [0, 0.05) is 26.1 Å². The molecule has 5 heteroatoms. The standard InChI is InChI=1S/C15H19N3O2/c19-7-5-16-9-12-2-1-3-13(8-12)15(20)4-6-18-11-17-10-14(15)18/h1-3,8,10-11,16,19-20H,4-7,9H2. The Balaban J connectivity index is 1.86. The number of aryl methyl sites for hydroxylation is 1. The summed E-state index contributed by atoms with van der Waals surface area (Å²) in [5, 5.41) is 22.9. The van der Waals surface area contributed by atoms with Gasteiger partial charge in [0.15, 0.2) is 0 Å². The highest BCUT2D eigenvalue weighted by molar-refractivity contribution is 5.36. The van der Waals surface area contributed by atoms with Gasteiger partial charge >= 0.3 is 0 Å². The quantitative estimate of drug-likeness (QED) is 0.698. The van der Waals surface area contributed by atoms with Gasteiger partial charge in [0.05, 0.1) is 24.8 Å². The third kappa shape index (κ3) is 2.24. The largest absolute Gasteiger partial charge is 0.395 e. The maximum atomic E-state index is 11.0. The number of hydrogen-bond donors (Lipinski definition) is 3. The molecule has 0 bridgehead atoms. The summed E-state index contributed by atoms with van der Waals surface area (Å²) in [4.78, 5) is 4.11. The van der Waals surface area contributed by atoms with E-state index >= 15 is 0 Å². The fraction of sp³-hybridized carbons (Fsp3) is 0.400. The van der Waals surface area contributed by atoms with E-state index in [0.717, 1.165) is 23.4 Å². The predicted octanol–water partition coefficient (Wildman–Crippen LogP) is 0.605. The molecule has 1 unspecified atom stereocenters. The zero-order valence-electron chi connectivity index (χ0n) is 11.3. The van der Waals surface area contributed by atoms with Gasteiger partial charge < -0.3 is 20.1 Å². The van der Waals surface area contributed by atoms with Gasteiger partial charge in [-0.1, -0.05) is 24.3 Å². The van der Waals surface area contributed by atoms with Gasteiger partial charge in [-0.25, -0.2) is 4.98 Å². The van der Waals surface area contributed by atoms with E-state index in [1.165, 1.54) is 0 Å². The van der Waals surface area contributed by atoms with Gasteiger partial charge in [-0.15, -0.1) is 0 Å². The van der Waals surface area contributed by atoms with Crippen molar-refractivity contribution in [2.24, 2.45) is 0 Å². The van der Waals surface area contributed by atoms with Crippen LogP contribution in [0, 0.1) is 0 Å². The highest BCUT2D eigenvalue weighted by Gasteiger charge is 2.39. The first-order chi connectivity index (χ1) is 9.74.